The standard InChI is InChI=1S/C16H26N4O/c1-4-15(20-9-7-19(3)8-10-20)16(21)18-13-6-5-12(2)14(17)11-13/h5-6,11,15H,4,7-10,17H2,1-3H3,(H,18,21). The number of hydrogen-bond donors (Lipinski definition) is 2. The molecule has 21 heavy (non-hydrogen) atoms. The average molecular weight is 290 g/mol. The lowest BCUT2D eigenvalue weighted by Crippen LogP contribution is -2.52. The molecule has 1 aliphatic rings. The summed E-state index contributed by atoms with van der Waals surface area (Å²) >= 11 is 0. The molecule has 1 aromatic carbocycles. The first-order valence-corrected chi connectivity index (χ1v) is 7.61. The summed E-state index contributed by atoms with van der Waals surface area (Å²) in [6, 6.07) is 5.59. The summed E-state index contributed by atoms with van der Waals surface area (Å²) in [5.41, 5.74) is 8.41. The molecule has 0 bridgehead atoms. The van der Waals surface area contributed by atoms with Gasteiger partial charge in [0.05, 0.1) is 6.04 Å². The van der Waals surface area contributed by atoms with E-state index in [1.807, 2.05) is 25.1 Å². The van der Waals surface area contributed by atoms with Gasteiger partial charge in [0, 0.05) is 37.6 Å². The zero-order valence-electron chi connectivity index (χ0n) is 13.2. The molecule has 1 aromatic rings. The van der Waals surface area contributed by atoms with E-state index in [4.69, 9.17) is 5.73 Å². The van der Waals surface area contributed by atoms with Gasteiger partial charge in [-0.15, -0.1) is 0 Å². The number of rotatable bonds is 4. The molecule has 5 nitrogen and oxygen atoms in total. The van der Waals surface area contributed by atoms with Gasteiger partial charge in [-0.05, 0) is 38.1 Å². The van der Waals surface area contributed by atoms with Crippen molar-refractivity contribution in [1.82, 2.24) is 9.80 Å². The van der Waals surface area contributed by atoms with Crippen molar-refractivity contribution in [3.63, 3.8) is 0 Å². The fourth-order valence-corrected chi connectivity index (χ4v) is 2.69. The first kappa shape index (κ1) is 15.8. The smallest absolute Gasteiger partial charge is 0.241 e. The monoisotopic (exact) mass is 290 g/mol. The van der Waals surface area contributed by atoms with Crippen LogP contribution >= 0.6 is 0 Å². The van der Waals surface area contributed by atoms with Gasteiger partial charge in [0.1, 0.15) is 0 Å². The fraction of sp³-hybridized carbons (Fsp3) is 0.562. The quantitative estimate of drug-likeness (QED) is 0.826. The van der Waals surface area contributed by atoms with Gasteiger partial charge in [0.15, 0.2) is 0 Å². The number of nitrogens with zero attached hydrogens (tertiary/aromatic N) is 2. The van der Waals surface area contributed by atoms with Crippen LogP contribution in [-0.2, 0) is 4.79 Å². The normalized spacial score (nSPS) is 18.4. The second-order valence-electron chi connectivity index (χ2n) is 5.82. The Morgan fingerprint density at radius 2 is 2.00 bits per heavy atom. The number of nitrogens with one attached hydrogen (secondary N) is 1. The van der Waals surface area contributed by atoms with Gasteiger partial charge < -0.3 is 16.0 Å². The number of likely N-dealkylation sites (N-methyl/N-ethyl adjacent to an activating group) is 1. The Bertz CT molecular complexity index is 495. The van der Waals surface area contributed by atoms with Crippen molar-refractivity contribution in [3.05, 3.63) is 23.8 Å². The number of carbonyl (C=O) groups excluding carboxylic acids is 1. The summed E-state index contributed by atoms with van der Waals surface area (Å²) in [4.78, 5) is 17.1. The molecule has 116 valence electrons. The van der Waals surface area contributed by atoms with Crippen molar-refractivity contribution >= 4 is 17.3 Å². The Morgan fingerprint density at radius 3 is 2.57 bits per heavy atom. The molecule has 1 fully saturated rings. The van der Waals surface area contributed by atoms with Gasteiger partial charge in [-0.3, -0.25) is 9.69 Å². The summed E-state index contributed by atoms with van der Waals surface area (Å²) in [6.45, 7) is 7.94. The van der Waals surface area contributed by atoms with E-state index in [1.165, 1.54) is 0 Å². The maximum absolute atomic E-state index is 12.5. The van der Waals surface area contributed by atoms with Crippen molar-refractivity contribution < 1.29 is 4.79 Å². The van der Waals surface area contributed by atoms with Crippen LogP contribution < -0.4 is 11.1 Å². The van der Waals surface area contributed by atoms with Crippen LogP contribution in [0.2, 0.25) is 0 Å². The topological polar surface area (TPSA) is 61.6 Å². The number of carbonyl (C=O) groups is 1. The van der Waals surface area contributed by atoms with Crippen LogP contribution in [0.5, 0.6) is 0 Å². The van der Waals surface area contributed by atoms with Crippen molar-refractivity contribution in [1.29, 1.82) is 0 Å². The Labute approximate surface area is 127 Å². The van der Waals surface area contributed by atoms with E-state index in [0.29, 0.717) is 5.69 Å². The van der Waals surface area contributed by atoms with Crippen molar-refractivity contribution in [3.8, 4) is 0 Å². The molecule has 0 spiro atoms. The second-order valence-corrected chi connectivity index (χ2v) is 5.82. The lowest BCUT2D eigenvalue weighted by atomic mass is 10.1. The minimum atomic E-state index is -0.0683. The number of amides is 1. The molecular formula is C16H26N4O. The van der Waals surface area contributed by atoms with E-state index < -0.39 is 0 Å². The summed E-state index contributed by atoms with van der Waals surface area (Å²) in [7, 11) is 2.12. The highest BCUT2D eigenvalue weighted by atomic mass is 16.2. The molecule has 1 unspecified atom stereocenters. The minimum Gasteiger partial charge on any atom is -0.398 e. The van der Waals surface area contributed by atoms with Crippen LogP contribution in [0.25, 0.3) is 0 Å². The van der Waals surface area contributed by atoms with Crippen LogP contribution in [0.15, 0.2) is 18.2 Å². The number of hydrogen-bond acceptors (Lipinski definition) is 4. The Morgan fingerprint density at radius 1 is 1.33 bits per heavy atom. The molecule has 1 saturated heterocycles. The highest BCUT2D eigenvalue weighted by molar-refractivity contribution is 5.95. The van der Waals surface area contributed by atoms with Crippen molar-refractivity contribution in [2.75, 3.05) is 44.3 Å². The van der Waals surface area contributed by atoms with Gasteiger partial charge >= 0.3 is 0 Å². The number of aryl methyl sites for hydroxylation is 1. The first-order chi connectivity index (χ1) is 10.0. The number of piperazine rings is 1. The summed E-state index contributed by atoms with van der Waals surface area (Å²) < 4.78 is 0. The SMILES string of the molecule is CCC(C(=O)Nc1ccc(C)c(N)c1)N1CCN(C)CC1. The Kier molecular flexibility index (Phi) is 5.20. The molecule has 0 aromatic heterocycles. The molecule has 1 aliphatic heterocycles. The van der Waals surface area contributed by atoms with Crippen molar-refractivity contribution in [2.24, 2.45) is 0 Å². The molecule has 1 amide bonds. The molecule has 2 rings (SSSR count). The van der Waals surface area contributed by atoms with Crippen LogP contribution in [0.3, 0.4) is 0 Å². The van der Waals surface area contributed by atoms with Crippen molar-refractivity contribution in [2.45, 2.75) is 26.3 Å². The predicted octanol–water partition coefficient (Wildman–Crippen LogP) is 1.54. The molecule has 0 aliphatic carbocycles. The molecule has 1 atom stereocenters. The summed E-state index contributed by atoms with van der Waals surface area (Å²) in [6.07, 6.45) is 0.816. The Balaban J connectivity index is 2.01. The third-order valence-corrected chi connectivity index (χ3v) is 4.21. The van der Waals surface area contributed by atoms with Crippen LogP contribution in [0, 0.1) is 6.92 Å². The number of nitrogens with two attached hydrogens (primary N) is 1. The number of anilines is 2. The largest absolute Gasteiger partial charge is 0.398 e. The maximum Gasteiger partial charge on any atom is 0.241 e. The zero-order valence-corrected chi connectivity index (χ0v) is 13.2. The van der Waals surface area contributed by atoms with E-state index in [0.717, 1.165) is 43.9 Å². The Hall–Kier alpha value is -1.59. The van der Waals surface area contributed by atoms with Gasteiger partial charge in [-0.25, -0.2) is 0 Å². The van der Waals surface area contributed by atoms with Gasteiger partial charge in [0.2, 0.25) is 5.91 Å². The fourth-order valence-electron chi connectivity index (χ4n) is 2.69. The molecule has 5 heteroatoms. The highest BCUT2D eigenvalue weighted by Crippen LogP contribution is 2.18. The maximum atomic E-state index is 12.5. The average Bonchev–Trinajstić information content (AvgIpc) is 2.46. The third-order valence-electron chi connectivity index (χ3n) is 4.21. The molecular weight excluding hydrogens is 264 g/mol. The molecule has 3 N–H and O–H groups in total. The lowest BCUT2D eigenvalue weighted by Gasteiger charge is -2.36. The van der Waals surface area contributed by atoms with E-state index in [-0.39, 0.29) is 11.9 Å². The molecule has 1 heterocycles. The van der Waals surface area contributed by atoms with E-state index in [9.17, 15) is 4.79 Å². The molecule has 0 radical (unpaired) electrons. The van der Waals surface area contributed by atoms with Gasteiger partial charge in [-0.2, -0.15) is 0 Å². The predicted molar refractivity (Wildman–Crippen MR) is 87.4 cm³/mol. The van der Waals surface area contributed by atoms with Crippen LogP contribution in [-0.4, -0.2) is 55.0 Å². The zero-order chi connectivity index (χ0) is 15.4. The number of benzene rings is 1. The van der Waals surface area contributed by atoms with E-state index >= 15 is 0 Å². The lowest BCUT2D eigenvalue weighted by molar-refractivity contribution is -0.122. The second kappa shape index (κ2) is 6.91. The van der Waals surface area contributed by atoms with Gasteiger partial charge in [-0.1, -0.05) is 13.0 Å². The number of nitrogen functional groups attached to an aromatic ring is 1. The summed E-state index contributed by atoms with van der Waals surface area (Å²) in [5.74, 6) is 0.0605. The van der Waals surface area contributed by atoms with Crippen LogP contribution in [0.1, 0.15) is 18.9 Å². The summed E-state index contributed by atoms with van der Waals surface area (Å²) in [5, 5.41) is 3.00. The van der Waals surface area contributed by atoms with E-state index in [2.05, 4.69) is 29.1 Å². The third kappa shape index (κ3) is 3.95. The van der Waals surface area contributed by atoms with Gasteiger partial charge in [0.25, 0.3) is 0 Å². The van der Waals surface area contributed by atoms with Crippen LogP contribution in [0.4, 0.5) is 11.4 Å². The molecule has 0 saturated carbocycles. The van der Waals surface area contributed by atoms with E-state index in [1.54, 1.807) is 0 Å². The first-order valence-electron chi connectivity index (χ1n) is 7.61. The minimum absolute atomic E-state index is 0.0605. The highest BCUT2D eigenvalue weighted by Gasteiger charge is 2.26.